The molecule has 1 saturated heterocycles. The molecule has 0 aliphatic carbocycles. The molecule has 1 aromatic heterocycles. The Labute approximate surface area is 145 Å². The Kier molecular flexibility index (Phi) is 5.11. The molecular weight excluding hydrogens is 324 g/mol. The minimum Gasteiger partial charge on any atom is -0.478 e. The van der Waals surface area contributed by atoms with E-state index in [2.05, 4.69) is 15.3 Å². The van der Waals surface area contributed by atoms with Crippen LogP contribution in [-0.2, 0) is 18.3 Å². The number of aromatic nitrogens is 2. The zero-order valence-corrected chi connectivity index (χ0v) is 13.9. The number of carboxylic acid groups (broad SMARTS) is 1. The lowest BCUT2D eigenvalue weighted by molar-refractivity contribution is 0.0342. The summed E-state index contributed by atoms with van der Waals surface area (Å²) < 4.78 is 6.65. The van der Waals surface area contributed by atoms with E-state index in [-0.39, 0.29) is 11.3 Å². The molecule has 2 N–H and O–H groups in total. The molecule has 1 aliphatic heterocycles. The fourth-order valence-corrected chi connectivity index (χ4v) is 2.77. The van der Waals surface area contributed by atoms with Gasteiger partial charge >= 0.3 is 5.97 Å². The number of carbonyl (C=O) groups is 2. The van der Waals surface area contributed by atoms with Gasteiger partial charge in [-0.3, -0.25) is 14.4 Å². The molecule has 0 spiro atoms. The fraction of sp³-hybridized carbons (Fsp3) is 0.353. The van der Waals surface area contributed by atoms with Gasteiger partial charge in [-0.1, -0.05) is 12.1 Å². The summed E-state index contributed by atoms with van der Waals surface area (Å²) in [5.41, 5.74) is 1.45. The summed E-state index contributed by atoms with van der Waals surface area (Å²) in [7, 11) is 1.58. The van der Waals surface area contributed by atoms with E-state index in [0.29, 0.717) is 5.69 Å². The van der Waals surface area contributed by atoms with Crippen molar-refractivity contribution in [2.75, 3.05) is 31.6 Å². The molecular formula is C17H20N4O4. The van der Waals surface area contributed by atoms with Crippen LogP contribution in [0.4, 0.5) is 5.69 Å². The molecule has 2 heterocycles. The number of amides is 1. The number of ether oxygens (including phenoxy) is 1. The van der Waals surface area contributed by atoms with Gasteiger partial charge in [0, 0.05) is 38.6 Å². The Morgan fingerprint density at radius 3 is 2.80 bits per heavy atom. The van der Waals surface area contributed by atoms with Gasteiger partial charge in [0.15, 0.2) is 5.69 Å². The molecule has 3 rings (SSSR count). The molecule has 0 bridgehead atoms. The Hall–Kier alpha value is -2.71. The highest BCUT2D eigenvalue weighted by Gasteiger charge is 2.21. The van der Waals surface area contributed by atoms with Crippen LogP contribution in [0.1, 0.15) is 26.4 Å². The molecule has 0 atom stereocenters. The van der Waals surface area contributed by atoms with E-state index in [1.54, 1.807) is 13.1 Å². The van der Waals surface area contributed by atoms with Crippen LogP contribution in [-0.4, -0.2) is 58.0 Å². The normalized spacial score (nSPS) is 15.1. The number of anilines is 1. The molecule has 1 fully saturated rings. The van der Waals surface area contributed by atoms with Gasteiger partial charge in [-0.25, -0.2) is 4.79 Å². The van der Waals surface area contributed by atoms with E-state index in [0.717, 1.165) is 38.4 Å². The third-order valence-corrected chi connectivity index (χ3v) is 3.97. The summed E-state index contributed by atoms with van der Waals surface area (Å²) in [5.74, 6) is -1.72. The summed E-state index contributed by atoms with van der Waals surface area (Å²) >= 11 is 0. The molecule has 25 heavy (non-hydrogen) atoms. The number of morpholine rings is 1. The average Bonchev–Trinajstić information content (AvgIpc) is 2.98. The Morgan fingerprint density at radius 1 is 1.32 bits per heavy atom. The van der Waals surface area contributed by atoms with Gasteiger partial charge in [0.2, 0.25) is 0 Å². The quantitative estimate of drug-likeness (QED) is 0.846. The minimum absolute atomic E-state index is 0.103. The highest BCUT2D eigenvalue weighted by Crippen LogP contribution is 2.16. The van der Waals surface area contributed by atoms with Crippen molar-refractivity contribution in [1.82, 2.24) is 14.7 Å². The first-order chi connectivity index (χ1) is 12.0. The lowest BCUT2D eigenvalue weighted by Crippen LogP contribution is -2.35. The number of nitrogens with zero attached hydrogens (tertiary/aromatic N) is 3. The maximum absolute atomic E-state index is 12.4. The maximum atomic E-state index is 12.4. The van der Waals surface area contributed by atoms with Crippen LogP contribution < -0.4 is 5.32 Å². The molecule has 1 aliphatic rings. The first-order valence-electron chi connectivity index (χ1n) is 8.00. The number of rotatable bonds is 5. The fourth-order valence-electron chi connectivity index (χ4n) is 2.77. The maximum Gasteiger partial charge on any atom is 0.339 e. The molecule has 0 radical (unpaired) electrons. The smallest absolute Gasteiger partial charge is 0.339 e. The number of aryl methyl sites for hydroxylation is 1. The third kappa shape index (κ3) is 4.23. The van der Waals surface area contributed by atoms with Crippen molar-refractivity contribution >= 4 is 17.6 Å². The number of carboxylic acids is 1. The second-order valence-electron chi connectivity index (χ2n) is 5.91. The van der Waals surface area contributed by atoms with Crippen molar-refractivity contribution in [1.29, 1.82) is 0 Å². The molecule has 0 saturated carbocycles. The lowest BCUT2D eigenvalue weighted by atomic mass is 10.1. The van der Waals surface area contributed by atoms with Crippen molar-refractivity contribution < 1.29 is 19.4 Å². The molecule has 1 aromatic carbocycles. The predicted molar refractivity (Wildman–Crippen MR) is 90.7 cm³/mol. The van der Waals surface area contributed by atoms with Crippen molar-refractivity contribution in [3.8, 4) is 0 Å². The van der Waals surface area contributed by atoms with Crippen LogP contribution in [0.3, 0.4) is 0 Å². The third-order valence-electron chi connectivity index (χ3n) is 3.97. The van der Waals surface area contributed by atoms with Gasteiger partial charge in [-0.2, -0.15) is 5.10 Å². The van der Waals surface area contributed by atoms with E-state index in [9.17, 15) is 14.7 Å². The number of benzene rings is 1. The predicted octanol–water partition coefficient (Wildman–Crippen LogP) is 1.20. The molecule has 1 amide bonds. The number of hydrogen-bond acceptors (Lipinski definition) is 5. The first-order valence-corrected chi connectivity index (χ1v) is 8.00. The number of aromatic carboxylic acids is 1. The van der Waals surface area contributed by atoms with E-state index in [1.165, 1.54) is 10.9 Å². The van der Waals surface area contributed by atoms with Crippen molar-refractivity contribution in [2.45, 2.75) is 6.54 Å². The first kappa shape index (κ1) is 17.1. The average molecular weight is 344 g/mol. The van der Waals surface area contributed by atoms with Gasteiger partial charge in [-0.05, 0) is 17.7 Å². The SMILES string of the molecule is Cn1cc(C(=O)O)c(C(=O)Nc2cccc(CN3CCOCC3)c2)n1. The zero-order chi connectivity index (χ0) is 17.8. The second kappa shape index (κ2) is 7.45. The highest BCUT2D eigenvalue weighted by atomic mass is 16.5. The highest BCUT2D eigenvalue weighted by molar-refractivity contribution is 6.09. The van der Waals surface area contributed by atoms with Crippen LogP contribution >= 0.6 is 0 Å². The van der Waals surface area contributed by atoms with Crippen molar-refractivity contribution in [3.63, 3.8) is 0 Å². The summed E-state index contributed by atoms with van der Waals surface area (Å²) in [6, 6.07) is 7.51. The van der Waals surface area contributed by atoms with Gasteiger partial charge in [0.05, 0.1) is 13.2 Å². The van der Waals surface area contributed by atoms with Crippen LogP contribution in [0.15, 0.2) is 30.5 Å². The standard InChI is InChI=1S/C17H20N4O4/c1-20-11-14(17(23)24)15(19-20)16(22)18-13-4-2-3-12(9-13)10-21-5-7-25-8-6-21/h2-4,9,11H,5-8,10H2,1H3,(H,18,22)(H,23,24). The van der Waals surface area contributed by atoms with Gasteiger partial charge in [0.25, 0.3) is 5.91 Å². The second-order valence-corrected chi connectivity index (χ2v) is 5.91. The zero-order valence-electron chi connectivity index (χ0n) is 13.9. The molecule has 8 heteroatoms. The van der Waals surface area contributed by atoms with Gasteiger partial charge in [0.1, 0.15) is 5.56 Å². The number of hydrogen-bond donors (Lipinski definition) is 2. The Bertz CT molecular complexity index is 781. The van der Waals surface area contributed by atoms with E-state index >= 15 is 0 Å². The van der Waals surface area contributed by atoms with Gasteiger partial charge in [-0.15, -0.1) is 0 Å². The monoisotopic (exact) mass is 344 g/mol. The van der Waals surface area contributed by atoms with E-state index in [1.807, 2.05) is 18.2 Å². The summed E-state index contributed by atoms with van der Waals surface area (Å²) in [4.78, 5) is 25.9. The topological polar surface area (TPSA) is 96.7 Å². The Morgan fingerprint density at radius 2 is 2.08 bits per heavy atom. The van der Waals surface area contributed by atoms with Crippen molar-refractivity contribution in [3.05, 3.63) is 47.3 Å². The largest absolute Gasteiger partial charge is 0.478 e. The van der Waals surface area contributed by atoms with Gasteiger partial charge < -0.3 is 15.2 Å². The van der Waals surface area contributed by atoms with Crippen LogP contribution in [0, 0.1) is 0 Å². The summed E-state index contributed by atoms with van der Waals surface area (Å²) in [6.07, 6.45) is 1.31. The van der Waals surface area contributed by atoms with Crippen LogP contribution in [0.5, 0.6) is 0 Å². The lowest BCUT2D eigenvalue weighted by Gasteiger charge is -2.26. The van der Waals surface area contributed by atoms with Crippen LogP contribution in [0.2, 0.25) is 0 Å². The summed E-state index contributed by atoms with van der Waals surface area (Å²) in [6.45, 7) is 4.00. The number of carbonyl (C=O) groups excluding carboxylic acids is 1. The molecule has 2 aromatic rings. The molecule has 132 valence electrons. The van der Waals surface area contributed by atoms with E-state index in [4.69, 9.17) is 4.74 Å². The number of nitrogens with one attached hydrogen (secondary N) is 1. The van der Waals surface area contributed by atoms with Crippen molar-refractivity contribution in [2.24, 2.45) is 7.05 Å². The summed E-state index contributed by atoms with van der Waals surface area (Å²) in [5, 5.41) is 15.8. The Balaban J connectivity index is 1.71. The molecule has 8 nitrogen and oxygen atoms in total. The molecule has 0 unspecified atom stereocenters. The minimum atomic E-state index is -1.18. The van der Waals surface area contributed by atoms with E-state index < -0.39 is 11.9 Å². The van der Waals surface area contributed by atoms with Crippen LogP contribution in [0.25, 0.3) is 0 Å².